The van der Waals surface area contributed by atoms with E-state index in [9.17, 15) is 18.3 Å². The average Bonchev–Trinajstić information content (AvgIpc) is 3.39. The van der Waals surface area contributed by atoms with Crippen LogP contribution in [0.3, 0.4) is 0 Å². The molecule has 2 aromatic rings. The van der Waals surface area contributed by atoms with Gasteiger partial charge < -0.3 is 20.1 Å². The molecular formula is C25H35N5O5S. The highest BCUT2D eigenvalue weighted by molar-refractivity contribution is 7.89. The van der Waals surface area contributed by atoms with E-state index in [-0.39, 0.29) is 48.3 Å². The van der Waals surface area contributed by atoms with Crippen LogP contribution in [-0.4, -0.2) is 83.7 Å². The second-order valence-corrected chi connectivity index (χ2v) is 11.7. The number of rotatable bonds is 6. The normalized spacial score (nSPS) is 23.1. The van der Waals surface area contributed by atoms with Crippen molar-refractivity contribution in [1.29, 1.82) is 0 Å². The van der Waals surface area contributed by atoms with Crippen molar-refractivity contribution >= 4 is 16.1 Å². The first kappa shape index (κ1) is 26.3. The number of carbonyl (C=O) groups excluding carboxylic acids is 1. The smallest absolute Gasteiger partial charge is 0.317 e. The van der Waals surface area contributed by atoms with Gasteiger partial charge in [0, 0.05) is 49.6 Å². The van der Waals surface area contributed by atoms with Crippen LogP contribution in [0.4, 0.5) is 4.79 Å². The predicted octanol–water partition coefficient (Wildman–Crippen LogP) is 2.50. The summed E-state index contributed by atoms with van der Waals surface area (Å²) < 4.78 is 35.0. The van der Waals surface area contributed by atoms with Gasteiger partial charge >= 0.3 is 6.03 Å². The third-order valence-electron chi connectivity index (χ3n) is 7.04. The number of fused-ring (bicyclic) bond motifs is 1. The zero-order valence-corrected chi connectivity index (χ0v) is 21.8. The molecule has 2 aliphatic rings. The minimum absolute atomic E-state index is 0.0263. The van der Waals surface area contributed by atoms with Crippen molar-refractivity contribution in [3.05, 3.63) is 36.9 Å². The number of likely N-dealkylation sites (N-methyl/N-ethyl adjacent to an activating group) is 1. The minimum atomic E-state index is -3.95. The monoisotopic (exact) mass is 517 g/mol. The number of aliphatic hydroxyl groups excluding tert-OH is 1. The molecule has 2 amide bonds. The van der Waals surface area contributed by atoms with Crippen molar-refractivity contribution in [2.75, 3.05) is 26.7 Å². The van der Waals surface area contributed by atoms with E-state index in [1.54, 1.807) is 43.4 Å². The molecule has 0 bridgehead atoms. The van der Waals surface area contributed by atoms with E-state index in [4.69, 9.17) is 4.74 Å². The number of benzene rings is 1. The maximum absolute atomic E-state index is 13.6. The summed E-state index contributed by atoms with van der Waals surface area (Å²) >= 11 is 0. The third kappa shape index (κ3) is 5.63. The molecule has 36 heavy (non-hydrogen) atoms. The van der Waals surface area contributed by atoms with Crippen LogP contribution in [0.1, 0.15) is 39.5 Å². The Morgan fingerprint density at radius 3 is 2.61 bits per heavy atom. The number of aliphatic hydroxyl groups is 1. The Bertz CT molecular complexity index is 1160. The summed E-state index contributed by atoms with van der Waals surface area (Å²) in [5, 5.41) is 12.9. The number of nitrogens with one attached hydrogen (secondary N) is 1. The van der Waals surface area contributed by atoms with E-state index in [1.807, 2.05) is 6.92 Å². The minimum Gasteiger partial charge on any atom is -0.487 e. The molecule has 1 fully saturated rings. The number of hydrogen-bond acceptors (Lipinski definition) is 7. The second kappa shape index (κ2) is 11.1. The molecule has 4 rings (SSSR count). The van der Waals surface area contributed by atoms with Crippen molar-refractivity contribution < 1.29 is 23.1 Å². The van der Waals surface area contributed by atoms with Crippen molar-refractivity contribution in [2.24, 2.45) is 5.92 Å². The van der Waals surface area contributed by atoms with Gasteiger partial charge in [0.2, 0.25) is 10.0 Å². The van der Waals surface area contributed by atoms with Crippen LogP contribution in [0.25, 0.3) is 11.1 Å². The van der Waals surface area contributed by atoms with Gasteiger partial charge in [-0.2, -0.15) is 4.31 Å². The fourth-order valence-corrected chi connectivity index (χ4v) is 6.60. The number of aromatic nitrogens is 2. The second-order valence-electron chi connectivity index (χ2n) is 9.84. The highest BCUT2D eigenvalue weighted by Crippen LogP contribution is 2.36. The molecule has 1 aliphatic heterocycles. The van der Waals surface area contributed by atoms with Crippen LogP contribution in [0.2, 0.25) is 0 Å². The Morgan fingerprint density at radius 2 is 1.94 bits per heavy atom. The molecule has 196 valence electrons. The SMILES string of the molecule is C[C@@H]1CN([C@@H](C)CO)S(=O)(=O)c2ccc(-c3cncnc3)cc2O[C@H]1CN(C)C(=O)NC1CCCC1. The van der Waals surface area contributed by atoms with Gasteiger partial charge in [0.15, 0.2) is 0 Å². The Kier molecular flexibility index (Phi) is 8.11. The molecule has 1 aromatic carbocycles. The summed E-state index contributed by atoms with van der Waals surface area (Å²) in [6.07, 6.45) is 8.46. The summed E-state index contributed by atoms with van der Waals surface area (Å²) in [5.74, 6) is -0.0555. The van der Waals surface area contributed by atoms with Gasteiger partial charge in [0.05, 0.1) is 13.2 Å². The molecule has 1 saturated carbocycles. The van der Waals surface area contributed by atoms with Crippen LogP contribution in [0.5, 0.6) is 5.75 Å². The van der Waals surface area contributed by atoms with Crippen LogP contribution < -0.4 is 10.1 Å². The van der Waals surface area contributed by atoms with Crippen molar-refractivity contribution in [3.63, 3.8) is 0 Å². The predicted molar refractivity (Wildman–Crippen MR) is 135 cm³/mol. The maximum atomic E-state index is 13.6. The lowest BCUT2D eigenvalue weighted by molar-refractivity contribution is 0.0809. The molecule has 0 spiro atoms. The molecule has 2 N–H and O–H groups in total. The van der Waals surface area contributed by atoms with E-state index < -0.39 is 22.2 Å². The van der Waals surface area contributed by atoms with Crippen molar-refractivity contribution in [2.45, 2.75) is 62.6 Å². The Hall–Kier alpha value is -2.76. The van der Waals surface area contributed by atoms with Crippen LogP contribution in [0, 0.1) is 5.92 Å². The molecule has 10 nitrogen and oxygen atoms in total. The summed E-state index contributed by atoms with van der Waals surface area (Å²) in [6, 6.07) is 4.31. The number of hydrogen-bond donors (Lipinski definition) is 2. The van der Waals surface area contributed by atoms with Crippen LogP contribution in [0.15, 0.2) is 41.8 Å². The Labute approximate surface area is 212 Å². The number of ether oxygens (including phenoxy) is 1. The van der Waals surface area contributed by atoms with Gasteiger partial charge in [0.1, 0.15) is 23.1 Å². The number of carbonyl (C=O) groups is 1. The molecule has 11 heteroatoms. The fourth-order valence-electron chi connectivity index (χ4n) is 4.78. The molecule has 0 radical (unpaired) electrons. The molecular weight excluding hydrogens is 482 g/mol. The van der Waals surface area contributed by atoms with Gasteiger partial charge in [-0.1, -0.05) is 25.8 Å². The summed E-state index contributed by atoms with van der Waals surface area (Å²) in [5.41, 5.74) is 1.44. The zero-order valence-electron chi connectivity index (χ0n) is 21.0. The van der Waals surface area contributed by atoms with E-state index in [1.165, 1.54) is 16.7 Å². The third-order valence-corrected chi connectivity index (χ3v) is 9.06. The highest BCUT2D eigenvalue weighted by atomic mass is 32.2. The highest BCUT2D eigenvalue weighted by Gasteiger charge is 2.38. The standard InChI is InChI=1S/C25H35N5O5S/c1-17-13-30(18(2)15-31)36(33,34)24-9-8-19(20-11-26-16-27-12-20)10-22(24)35-23(17)14-29(3)25(32)28-21-6-4-5-7-21/h8-12,16-18,21,23,31H,4-7,13-15H2,1-3H3,(H,28,32)/t17-,18+,23+/m1/s1. The summed E-state index contributed by atoms with van der Waals surface area (Å²) in [6.45, 7) is 3.70. The molecule has 2 heterocycles. The van der Waals surface area contributed by atoms with E-state index in [0.717, 1.165) is 31.2 Å². The largest absolute Gasteiger partial charge is 0.487 e. The first-order chi connectivity index (χ1) is 17.2. The lowest BCUT2D eigenvalue weighted by Crippen LogP contribution is -2.51. The van der Waals surface area contributed by atoms with E-state index in [0.29, 0.717) is 5.56 Å². The summed E-state index contributed by atoms with van der Waals surface area (Å²) in [7, 11) is -2.22. The maximum Gasteiger partial charge on any atom is 0.317 e. The molecule has 1 aromatic heterocycles. The average molecular weight is 518 g/mol. The van der Waals surface area contributed by atoms with Gasteiger partial charge in [-0.3, -0.25) is 0 Å². The Morgan fingerprint density at radius 1 is 1.25 bits per heavy atom. The molecule has 1 aliphatic carbocycles. The zero-order chi connectivity index (χ0) is 25.9. The Balaban J connectivity index is 1.68. The molecule has 3 atom stereocenters. The van der Waals surface area contributed by atoms with Crippen molar-refractivity contribution in [1.82, 2.24) is 24.5 Å². The quantitative estimate of drug-likeness (QED) is 0.603. The molecule has 0 unspecified atom stereocenters. The van der Waals surface area contributed by atoms with Crippen LogP contribution in [-0.2, 0) is 10.0 Å². The number of nitrogens with zero attached hydrogens (tertiary/aromatic N) is 4. The van der Waals surface area contributed by atoms with Gasteiger partial charge in [-0.05, 0) is 37.5 Å². The number of sulfonamides is 1. The topological polar surface area (TPSA) is 125 Å². The number of amides is 2. The fraction of sp³-hybridized carbons (Fsp3) is 0.560. The molecule has 0 saturated heterocycles. The lowest BCUT2D eigenvalue weighted by Gasteiger charge is -2.37. The van der Waals surface area contributed by atoms with Gasteiger partial charge in [-0.25, -0.2) is 23.2 Å². The number of urea groups is 1. The van der Waals surface area contributed by atoms with Gasteiger partial charge in [0.25, 0.3) is 0 Å². The van der Waals surface area contributed by atoms with Gasteiger partial charge in [-0.15, -0.1) is 0 Å². The van der Waals surface area contributed by atoms with Crippen LogP contribution >= 0.6 is 0 Å². The van der Waals surface area contributed by atoms with E-state index in [2.05, 4.69) is 15.3 Å². The lowest BCUT2D eigenvalue weighted by atomic mass is 10.0. The van der Waals surface area contributed by atoms with E-state index >= 15 is 0 Å². The first-order valence-corrected chi connectivity index (χ1v) is 13.8. The van der Waals surface area contributed by atoms with Crippen molar-refractivity contribution in [3.8, 4) is 16.9 Å². The summed E-state index contributed by atoms with van der Waals surface area (Å²) in [4.78, 5) is 22.6. The first-order valence-electron chi connectivity index (χ1n) is 12.4.